The molecule has 35 heavy (non-hydrogen) atoms. The van der Waals surface area contributed by atoms with Crippen LogP contribution in [0.3, 0.4) is 0 Å². The van der Waals surface area contributed by atoms with Crippen LogP contribution in [0.4, 0.5) is 22.0 Å². The van der Waals surface area contributed by atoms with Gasteiger partial charge in [-0.15, -0.1) is 0 Å². The fourth-order valence-electron chi connectivity index (χ4n) is 4.13. The molecule has 1 saturated heterocycles. The summed E-state index contributed by atoms with van der Waals surface area (Å²) in [6, 6.07) is 10.5. The molecular weight excluding hydrogens is 511 g/mol. The van der Waals surface area contributed by atoms with E-state index in [0.29, 0.717) is 40.9 Å². The molecule has 1 fully saturated rings. The zero-order valence-corrected chi connectivity index (χ0v) is 20.4. The molecule has 0 bridgehead atoms. The van der Waals surface area contributed by atoms with Crippen LogP contribution in [0.15, 0.2) is 46.2 Å². The monoisotopic (exact) mass is 534 g/mol. The van der Waals surface area contributed by atoms with E-state index in [-0.39, 0.29) is 11.5 Å². The van der Waals surface area contributed by atoms with Crippen molar-refractivity contribution in [2.45, 2.75) is 42.4 Å². The molecule has 1 aliphatic heterocycles. The van der Waals surface area contributed by atoms with E-state index in [0.717, 1.165) is 12.8 Å². The van der Waals surface area contributed by atoms with Gasteiger partial charge in [-0.3, -0.25) is 0 Å². The highest BCUT2D eigenvalue weighted by Crippen LogP contribution is 2.65. The van der Waals surface area contributed by atoms with Crippen LogP contribution in [0.25, 0.3) is 10.8 Å². The van der Waals surface area contributed by atoms with Crippen LogP contribution in [-0.4, -0.2) is 26.5 Å². The number of ether oxygens (including phenoxy) is 1. The molecule has 4 nitrogen and oxygen atoms in total. The third kappa shape index (κ3) is 4.61. The zero-order chi connectivity index (χ0) is 25.4. The molecule has 3 aromatic carbocycles. The zero-order valence-electron chi connectivity index (χ0n) is 18.8. The van der Waals surface area contributed by atoms with Gasteiger partial charge in [-0.05, 0) is 36.8 Å². The van der Waals surface area contributed by atoms with Crippen molar-refractivity contribution >= 4 is 31.2 Å². The minimum Gasteiger partial charge on any atom is -0.493 e. The van der Waals surface area contributed by atoms with Crippen molar-refractivity contribution in [3.63, 3.8) is 0 Å². The third-order valence-corrected chi connectivity index (χ3v) is 11.5. The summed E-state index contributed by atoms with van der Waals surface area (Å²) in [6.45, 7) is 2.52. The van der Waals surface area contributed by atoms with E-state index in [4.69, 9.17) is 8.37 Å². The molecule has 1 aliphatic rings. The topological polar surface area (TPSA) is 52.6 Å². The van der Waals surface area contributed by atoms with Crippen LogP contribution in [0.1, 0.15) is 32.6 Å². The summed E-state index contributed by atoms with van der Waals surface area (Å²) in [4.78, 5) is -1.46. The van der Waals surface area contributed by atoms with E-state index >= 15 is 0 Å². The first-order chi connectivity index (χ1) is 16.6. The fraction of sp³-hybridized carbons (Fsp3) is 0.333. The van der Waals surface area contributed by atoms with Gasteiger partial charge in [0, 0.05) is 21.8 Å². The lowest BCUT2D eigenvalue weighted by molar-refractivity contribution is 0.313. The second-order valence-corrected chi connectivity index (χ2v) is 12.9. The molecule has 0 N–H and O–H groups in total. The number of unbranched alkanes of at least 4 members (excludes halogenated alkanes) is 1. The number of hydrogen-bond acceptors (Lipinski definition) is 4. The van der Waals surface area contributed by atoms with E-state index < -0.39 is 54.4 Å². The highest BCUT2D eigenvalue weighted by molar-refractivity contribution is 8.33. The number of hydrogen-bond donors (Lipinski definition) is 0. The van der Waals surface area contributed by atoms with Crippen molar-refractivity contribution in [1.29, 1.82) is 0 Å². The number of fused-ring (bicyclic) bond motifs is 1. The molecule has 190 valence electrons. The maximum absolute atomic E-state index is 14.4. The molecule has 0 saturated carbocycles. The van der Waals surface area contributed by atoms with Crippen molar-refractivity contribution in [1.82, 2.24) is 0 Å². The van der Waals surface area contributed by atoms with Crippen LogP contribution >= 0.6 is 10.3 Å². The first-order valence-electron chi connectivity index (χ1n) is 11.0. The summed E-state index contributed by atoms with van der Waals surface area (Å²) >= 11 is 0. The van der Waals surface area contributed by atoms with Gasteiger partial charge in [0.1, 0.15) is 5.75 Å². The minimum atomic E-state index is -5.36. The van der Waals surface area contributed by atoms with Gasteiger partial charge in [-0.2, -0.15) is 8.42 Å². The Hall–Kier alpha value is -2.37. The summed E-state index contributed by atoms with van der Waals surface area (Å²) in [7, 11) is -8.06. The van der Waals surface area contributed by atoms with Gasteiger partial charge in [-0.1, -0.05) is 47.9 Å². The Morgan fingerprint density at radius 2 is 1.40 bits per heavy atom. The van der Waals surface area contributed by atoms with Gasteiger partial charge in [-0.25, -0.2) is 25.6 Å². The normalized spacial score (nSPS) is 16.5. The molecule has 0 spiro atoms. The first kappa shape index (κ1) is 25.7. The smallest absolute Gasteiger partial charge is 0.312 e. The van der Waals surface area contributed by atoms with E-state index in [2.05, 4.69) is 0 Å². The molecule has 0 amide bonds. The Morgan fingerprint density at radius 3 is 2.00 bits per heavy atom. The van der Waals surface area contributed by atoms with E-state index in [9.17, 15) is 30.4 Å². The summed E-state index contributed by atoms with van der Waals surface area (Å²) in [5.41, 5.74) is 0. The lowest BCUT2D eigenvalue weighted by atomic mass is 10.1. The number of benzene rings is 3. The van der Waals surface area contributed by atoms with Crippen molar-refractivity contribution in [3.8, 4) is 5.75 Å². The number of rotatable bonds is 8. The molecular formula is C24H23F5O4S2. The Kier molecular flexibility index (Phi) is 7.31. The predicted octanol–water partition coefficient (Wildman–Crippen LogP) is 6.99. The van der Waals surface area contributed by atoms with E-state index in [1.807, 2.05) is 6.92 Å². The predicted molar refractivity (Wildman–Crippen MR) is 124 cm³/mol. The maximum atomic E-state index is 14.4. The summed E-state index contributed by atoms with van der Waals surface area (Å²) in [6.07, 6.45) is 2.93. The van der Waals surface area contributed by atoms with Crippen molar-refractivity contribution < 1.29 is 38.7 Å². The highest BCUT2D eigenvalue weighted by Gasteiger charge is 2.42. The van der Waals surface area contributed by atoms with Crippen molar-refractivity contribution in [2.24, 2.45) is 0 Å². The molecule has 0 radical (unpaired) electrons. The molecule has 4 rings (SSSR count). The molecule has 1 heterocycles. The molecule has 11 heteroatoms. The van der Waals surface area contributed by atoms with Crippen LogP contribution in [0, 0.1) is 29.1 Å². The van der Waals surface area contributed by atoms with Crippen LogP contribution in [-0.2, 0) is 13.7 Å². The minimum absolute atomic E-state index is 0.252. The van der Waals surface area contributed by atoms with Crippen LogP contribution in [0.2, 0.25) is 0 Å². The summed E-state index contributed by atoms with van der Waals surface area (Å²) < 4.78 is 107. The molecule has 3 aromatic rings. The Labute approximate surface area is 201 Å². The van der Waals surface area contributed by atoms with Gasteiger partial charge < -0.3 is 4.74 Å². The Balaban J connectivity index is 1.84. The van der Waals surface area contributed by atoms with Crippen LogP contribution < -0.4 is 4.74 Å². The second kappa shape index (κ2) is 9.94. The summed E-state index contributed by atoms with van der Waals surface area (Å²) in [5.74, 6) is -10.9. The van der Waals surface area contributed by atoms with Gasteiger partial charge in [0.2, 0.25) is 5.82 Å². The van der Waals surface area contributed by atoms with Crippen molar-refractivity contribution in [2.75, 3.05) is 18.1 Å². The average Bonchev–Trinajstić information content (AvgIpc) is 3.30. The summed E-state index contributed by atoms with van der Waals surface area (Å²) in [5, 5.41) is 1.35. The van der Waals surface area contributed by atoms with Gasteiger partial charge >= 0.3 is 10.1 Å². The van der Waals surface area contributed by atoms with Gasteiger partial charge in [0.15, 0.2) is 28.2 Å². The van der Waals surface area contributed by atoms with Crippen molar-refractivity contribution in [3.05, 3.63) is 65.5 Å². The van der Waals surface area contributed by atoms with E-state index in [1.165, 1.54) is 0 Å². The Bertz CT molecular complexity index is 1340. The van der Waals surface area contributed by atoms with Crippen LogP contribution in [0.5, 0.6) is 5.75 Å². The highest BCUT2D eigenvalue weighted by atomic mass is 32.3. The second-order valence-electron chi connectivity index (χ2n) is 8.16. The van der Waals surface area contributed by atoms with Gasteiger partial charge in [0.05, 0.1) is 6.61 Å². The fourth-order valence-corrected chi connectivity index (χ4v) is 10.1. The average molecular weight is 535 g/mol. The maximum Gasteiger partial charge on any atom is 0.312 e. The quantitative estimate of drug-likeness (QED) is 0.135. The molecule has 0 aromatic heterocycles. The lowest BCUT2D eigenvalue weighted by Crippen LogP contribution is -2.19. The number of halogens is 5. The standard InChI is InChI=1S/C24H23F5O4S2/c1-2-3-12-32-17-10-11-18(16-9-5-4-8-15(16)17)34(13-6-7-14-34)33-35(30,31)24-22(28)20(26)19(25)21(27)23(24)29/h4-5,8-11H,2-3,6-7,12-14H2,1H3. The molecule has 0 atom stereocenters. The first-order valence-corrected chi connectivity index (χ1v) is 14.3. The van der Waals surface area contributed by atoms with Gasteiger partial charge in [0.25, 0.3) is 0 Å². The van der Waals surface area contributed by atoms with E-state index in [1.54, 1.807) is 36.4 Å². The Morgan fingerprint density at radius 1 is 0.829 bits per heavy atom. The SMILES string of the molecule is CCCCOc1ccc(S2(OS(=O)(=O)c3c(F)c(F)c(F)c(F)c3F)CCCC2)c2ccccc12. The molecule has 0 aliphatic carbocycles. The lowest BCUT2D eigenvalue weighted by Gasteiger charge is -2.35. The third-order valence-electron chi connectivity index (χ3n) is 5.84. The molecule has 0 unspecified atom stereocenters. The largest absolute Gasteiger partial charge is 0.493 e.